The highest BCUT2D eigenvalue weighted by Crippen LogP contribution is 2.44. The number of benzene rings is 2. The van der Waals surface area contributed by atoms with Gasteiger partial charge in [0.1, 0.15) is 12.6 Å². The molecule has 2 aromatic rings. The van der Waals surface area contributed by atoms with E-state index in [4.69, 9.17) is 9.47 Å². The number of unbranched alkanes of at least 4 members (excludes halogenated alkanes) is 1. The zero-order valence-electron chi connectivity index (χ0n) is 18.1. The van der Waals surface area contributed by atoms with E-state index in [1.165, 1.54) is 0 Å². The normalized spacial score (nSPS) is 20.2. The van der Waals surface area contributed by atoms with Crippen molar-refractivity contribution in [3.05, 3.63) is 72.3 Å². The second-order valence-electron chi connectivity index (χ2n) is 8.59. The maximum Gasteiger partial charge on any atom is 0.407 e. The van der Waals surface area contributed by atoms with Crippen molar-refractivity contribution in [1.29, 1.82) is 0 Å². The molecule has 1 unspecified atom stereocenters. The Morgan fingerprint density at radius 3 is 2.41 bits per heavy atom. The Morgan fingerprint density at radius 1 is 1.19 bits per heavy atom. The van der Waals surface area contributed by atoms with Gasteiger partial charge in [-0.3, -0.25) is 0 Å². The molecule has 0 spiro atoms. The number of hydrogen-bond acceptors (Lipinski definition) is 4. The molecule has 6 nitrogen and oxygen atoms in total. The maximum absolute atomic E-state index is 12.7. The number of fused-ring (bicyclic) bond motifs is 3. The monoisotopic (exact) mass is 435 g/mol. The molecule has 2 atom stereocenters. The van der Waals surface area contributed by atoms with Gasteiger partial charge in [0, 0.05) is 17.9 Å². The van der Waals surface area contributed by atoms with Gasteiger partial charge in [-0.05, 0) is 47.9 Å². The summed E-state index contributed by atoms with van der Waals surface area (Å²) in [4.78, 5) is 24.8. The van der Waals surface area contributed by atoms with Crippen molar-refractivity contribution in [2.24, 2.45) is 5.41 Å². The van der Waals surface area contributed by atoms with Crippen LogP contribution in [0.2, 0.25) is 0 Å². The van der Waals surface area contributed by atoms with Crippen LogP contribution in [0.1, 0.15) is 42.7 Å². The molecular formula is C26H29NO5. The molecule has 1 heterocycles. The summed E-state index contributed by atoms with van der Waals surface area (Å²) in [5.74, 6) is -1.14. The first kappa shape index (κ1) is 22.1. The van der Waals surface area contributed by atoms with Crippen molar-refractivity contribution >= 4 is 12.1 Å². The number of allylic oxidation sites excluding steroid dienone is 1. The van der Waals surface area contributed by atoms with Crippen LogP contribution >= 0.6 is 0 Å². The number of ether oxygens (including phenoxy) is 2. The van der Waals surface area contributed by atoms with Crippen LogP contribution in [0.25, 0.3) is 11.1 Å². The number of amides is 1. The second kappa shape index (κ2) is 9.57. The molecule has 2 N–H and O–H groups in total. The second-order valence-corrected chi connectivity index (χ2v) is 8.59. The molecule has 1 fully saturated rings. The molecule has 2 aromatic carbocycles. The Kier molecular flexibility index (Phi) is 6.61. The lowest BCUT2D eigenvalue weighted by atomic mass is 9.75. The first-order valence-corrected chi connectivity index (χ1v) is 11.1. The fourth-order valence-electron chi connectivity index (χ4n) is 5.03. The van der Waals surface area contributed by atoms with Crippen LogP contribution in [0.3, 0.4) is 0 Å². The van der Waals surface area contributed by atoms with Crippen molar-refractivity contribution in [3.8, 4) is 11.1 Å². The fraction of sp³-hybridized carbons (Fsp3) is 0.385. The standard InChI is InChI=1S/C26H29NO5/c1-2-3-8-13-26(14-15-31-17-26)23(24(28)29)27-25(30)32-16-22-20-11-6-4-9-18(20)19-10-5-7-12-21(19)22/h2,4-7,9-12,22-23H,1,3,8,13-17H2,(H,27,30)(H,28,29)/t23-,26?/m1/s1. The van der Waals surface area contributed by atoms with Gasteiger partial charge in [0.2, 0.25) is 0 Å². The Balaban J connectivity index is 1.46. The first-order valence-electron chi connectivity index (χ1n) is 11.1. The lowest BCUT2D eigenvalue weighted by Crippen LogP contribution is -2.53. The van der Waals surface area contributed by atoms with Crippen molar-refractivity contribution in [2.45, 2.75) is 37.6 Å². The predicted molar refractivity (Wildman–Crippen MR) is 122 cm³/mol. The quantitative estimate of drug-likeness (QED) is 0.439. The number of carbonyl (C=O) groups excluding carboxylic acids is 1. The molecule has 32 heavy (non-hydrogen) atoms. The molecule has 0 saturated carbocycles. The Hall–Kier alpha value is -3.12. The third-order valence-corrected chi connectivity index (χ3v) is 6.68. The molecule has 0 aromatic heterocycles. The molecule has 1 aliphatic carbocycles. The summed E-state index contributed by atoms with van der Waals surface area (Å²) in [6, 6.07) is 15.1. The van der Waals surface area contributed by atoms with Gasteiger partial charge in [0.25, 0.3) is 0 Å². The third-order valence-electron chi connectivity index (χ3n) is 6.68. The predicted octanol–water partition coefficient (Wildman–Crippen LogP) is 4.74. The molecule has 0 bridgehead atoms. The van der Waals surface area contributed by atoms with Gasteiger partial charge >= 0.3 is 12.1 Å². The maximum atomic E-state index is 12.7. The molecule has 2 aliphatic rings. The number of nitrogens with one attached hydrogen (secondary N) is 1. The number of aliphatic carboxylic acids is 1. The van der Waals surface area contributed by atoms with Gasteiger partial charge in [-0.1, -0.05) is 54.6 Å². The van der Waals surface area contributed by atoms with E-state index >= 15 is 0 Å². The summed E-state index contributed by atoms with van der Waals surface area (Å²) in [7, 11) is 0. The van der Waals surface area contributed by atoms with E-state index in [1.807, 2.05) is 42.5 Å². The van der Waals surface area contributed by atoms with E-state index in [0.717, 1.165) is 35.1 Å². The van der Waals surface area contributed by atoms with Crippen molar-refractivity contribution in [2.75, 3.05) is 19.8 Å². The summed E-state index contributed by atoms with van der Waals surface area (Å²) < 4.78 is 11.1. The van der Waals surface area contributed by atoms with Crippen molar-refractivity contribution in [3.63, 3.8) is 0 Å². The van der Waals surface area contributed by atoms with Crippen molar-refractivity contribution < 1.29 is 24.2 Å². The van der Waals surface area contributed by atoms with Crippen LogP contribution in [0, 0.1) is 5.41 Å². The minimum Gasteiger partial charge on any atom is -0.480 e. The van der Waals surface area contributed by atoms with E-state index < -0.39 is 23.5 Å². The van der Waals surface area contributed by atoms with Gasteiger partial charge in [-0.25, -0.2) is 9.59 Å². The summed E-state index contributed by atoms with van der Waals surface area (Å²) in [5, 5.41) is 12.5. The number of rotatable bonds is 9. The summed E-state index contributed by atoms with van der Waals surface area (Å²) >= 11 is 0. The highest BCUT2D eigenvalue weighted by Gasteiger charge is 2.47. The van der Waals surface area contributed by atoms with Crippen LogP contribution in [0.4, 0.5) is 4.79 Å². The van der Waals surface area contributed by atoms with Gasteiger partial charge < -0.3 is 19.9 Å². The number of carboxylic acids is 1. The molecule has 1 aliphatic heterocycles. The fourth-order valence-corrected chi connectivity index (χ4v) is 5.03. The lowest BCUT2D eigenvalue weighted by Gasteiger charge is -2.34. The van der Waals surface area contributed by atoms with E-state index in [1.54, 1.807) is 0 Å². The van der Waals surface area contributed by atoms with E-state index in [9.17, 15) is 14.7 Å². The van der Waals surface area contributed by atoms with Gasteiger partial charge in [-0.15, -0.1) is 6.58 Å². The van der Waals surface area contributed by atoms with Crippen LogP contribution < -0.4 is 5.32 Å². The zero-order chi connectivity index (χ0) is 22.6. The Labute approximate surface area is 188 Å². The molecule has 6 heteroatoms. The zero-order valence-corrected chi connectivity index (χ0v) is 18.1. The van der Waals surface area contributed by atoms with E-state index in [0.29, 0.717) is 26.1 Å². The minimum atomic E-state index is -1.07. The summed E-state index contributed by atoms with van der Waals surface area (Å²) in [6.07, 6.45) is 3.92. The summed E-state index contributed by atoms with van der Waals surface area (Å²) in [6.45, 7) is 4.68. The van der Waals surface area contributed by atoms with Crippen LogP contribution in [-0.2, 0) is 14.3 Å². The number of hydrogen-bond donors (Lipinski definition) is 2. The average molecular weight is 436 g/mol. The number of alkyl carbamates (subject to hydrolysis) is 1. The van der Waals surface area contributed by atoms with Crippen LogP contribution in [-0.4, -0.2) is 43.0 Å². The van der Waals surface area contributed by atoms with Crippen molar-refractivity contribution in [1.82, 2.24) is 5.32 Å². The van der Waals surface area contributed by atoms with E-state index in [2.05, 4.69) is 24.0 Å². The first-order chi connectivity index (χ1) is 15.6. The van der Waals surface area contributed by atoms with Gasteiger partial charge in [-0.2, -0.15) is 0 Å². The topological polar surface area (TPSA) is 84.9 Å². The molecule has 1 amide bonds. The third kappa shape index (κ3) is 4.28. The molecule has 0 radical (unpaired) electrons. The highest BCUT2D eigenvalue weighted by atomic mass is 16.5. The molecule has 1 saturated heterocycles. The molecular weight excluding hydrogens is 406 g/mol. The SMILES string of the molecule is C=CCCCC1([C@H](NC(=O)OCC2c3ccccc3-c3ccccc32)C(=O)O)CCOC1. The smallest absolute Gasteiger partial charge is 0.407 e. The Morgan fingerprint density at radius 2 is 1.84 bits per heavy atom. The largest absolute Gasteiger partial charge is 0.480 e. The van der Waals surface area contributed by atoms with Crippen LogP contribution in [0.5, 0.6) is 0 Å². The minimum absolute atomic E-state index is 0.0761. The number of carbonyl (C=O) groups is 2. The summed E-state index contributed by atoms with van der Waals surface area (Å²) in [5.41, 5.74) is 3.87. The van der Waals surface area contributed by atoms with Gasteiger partial charge in [0.15, 0.2) is 0 Å². The average Bonchev–Trinajstić information content (AvgIpc) is 3.40. The lowest BCUT2D eigenvalue weighted by molar-refractivity contribution is -0.143. The highest BCUT2D eigenvalue weighted by molar-refractivity contribution is 5.81. The molecule has 168 valence electrons. The Bertz CT molecular complexity index is 950. The number of carboxylic acid groups (broad SMARTS) is 1. The molecule has 4 rings (SSSR count). The van der Waals surface area contributed by atoms with Crippen LogP contribution in [0.15, 0.2) is 61.2 Å². The van der Waals surface area contributed by atoms with Gasteiger partial charge in [0.05, 0.1) is 6.61 Å². The van der Waals surface area contributed by atoms with E-state index in [-0.39, 0.29) is 12.5 Å².